The lowest BCUT2D eigenvalue weighted by Gasteiger charge is -2.13. The second-order valence-electron chi connectivity index (χ2n) is 6.50. The first-order valence-corrected chi connectivity index (χ1v) is 8.92. The smallest absolute Gasteiger partial charge is 0.198 e. The summed E-state index contributed by atoms with van der Waals surface area (Å²) in [5.41, 5.74) is 2.95. The molecule has 3 aromatic rings. The second-order valence-corrected chi connectivity index (χ2v) is 6.50. The number of carbonyl (C=O) groups is 1. The van der Waals surface area contributed by atoms with Gasteiger partial charge in [0.1, 0.15) is 17.8 Å². The highest BCUT2D eigenvalue weighted by Gasteiger charge is 2.22. The minimum Gasteiger partial charge on any atom is -0.508 e. The molecule has 1 N–H and O–H groups in total. The topological polar surface area (TPSA) is 63.3 Å². The summed E-state index contributed by atoms with van der Waals surface area (Å²) >= 11 is 0. The maximum absolute atomic E-state index is 12.6. The molecule has 3 rings (SSSR count). The van der Waals surface area contributed by atoms with Crippen LogP contribution >= 0.6 is 0 Å². The number of phenolic OH excluding ortho intramolecular Hbond substituents is 1. The molecule has 1 unspecified atom stereocenters. The number of hydrogen-bond acceptors (Lipinski definition) is 4. The lowest BCUT2D eigenvalue weighted by Crippen LogP contribution is -2.12. The van der Waals surface area contributed by atoms with Gasteiger partial charge in [0, 0.05) is 18.8 Å². The molecule has 4 heteroatoms. The van der Waals surface area contributed by atoms with E-state index < -0.39 is 0 Å². The fourth-order valence-corrected chi connectivity index (χ4v) is 3.01. The van der Waals surface area contributed by atoms with Gasteiger partial charge in [0.2, 0.25) is 0 Å². The fraction of sp³-hybridized carbons (Fsp3) is 0.273. The van der Waals surface area contributed by atoms with E-state index in [1.807, 2.05) is 49.4 Å². The van der Waals surface area contributed by atoms with Crippen LogP contribution in [0.3, 0.4) is 0 Å². The molecule has 0 amide bonds. The fourth-order valence-electron chi connectivity index (χ4n) is 3.01. The molecule has 134 valence electrons. The van der Waals surface area contributed by atoms with Gasteiger partial charge in [0.25, 0.3) is 0 Å². The Morgan fingerprint density at radius 1 is 1.08 bits per heavy atom. The van der Waals surface area contributed by atoms with E-state index >= 15 is 0 Å². The number of oxazole rings is 1. The Kier molecular flexibility index (Phi) is 5.84. The average molecular weight is 349 g/mol. The molecule has 4 nitrogen and oxygen atoms in total. The van der Waals surface area contributed by atoms with Crippen LogP contribution in [0.2, 0.25) is 0 Å². The van der Waals surface area contributed by atoms with Gasteiger partial charge in [-0.2, -0.15) is 0 Å². The van der Waals surface area contributed by atoms with Crippen LogP contribution in [0.15, 0.2) is 65.3 Å². The largest absolute Gasteiger partial charge is 0.508 e. The normalized spacial score (nSPS) is 12.0. The zero-order valence-corrected chi connectivity index (χ0v) is 14.9. The Labute approximate surface area is 153 Å². The molecule has 0 saturated carbocycles. The summed E-state index contributed by atoms with van der Waals surface area (Å²) in [6, 6.07) is 16.8. The average Bonchev–Trinajstić information content (AvgIpc) is 3.13. The summed E-state index contributed by atoms with van der Waals surface area (Å²) in [6.45, 7) is 2.02. The molecule has 0 saturated heterocycles. The summed E-state index contributed by atoms with van der Waals surface area (Å²) < 4.78 is 5.65. The van der Waals surface area contributed by atoms with Crippen LogP contribution in [0.1, 0.15) is 42.0 Å². The summed E-state index contributed by atoms with van der Waals surface area (Å²) in [4.78, 5) is 17.1. The van der Waals surface area contributed by atoms with Crippen LogP contribution in [0.25, 0.3) is 0 Å². The number of aromatic hydroxyl groups is 1. The predicted octanol–water partition coefficient (Wildman–Crippen LogP) is 4.47. The number of phenols is 1. The minimum atomic E-state index is -0.115. The summed E-state index contributed by atoms with van der Waals surface area (Å²) in [5, 5.41) is 9.47. The van der Waals surface area contributed by atoms with Crippen molar-refractivity contribution in [1.82, 2.24) is 4.98 Å². The minimum absolute atomic E-state index is 0.115. The third kappa shape index (κ3) is 4.82. The lowest BCUT2D eigenvalue weighted by atomic mass is 9.92. The third-order valence-electron chi connectivity index (χ3n) is 4.42. The van der Waals surface area contributed by atoms with Crippen LogP contribution in [0.4, 0.5) is 0 Å². The van der Waals surface area contributed by atoms with E-state index in [1.54, 1.807) is 18.4 Å². The Morgan fingerprint density at radius 3 is 2.46 bits per heavy atom. The molecule has 1 atom stereocenters. The van der Waals surface area contributed by atoms with Crippen molar-refractivity contribution in [2.24, 2.45) is 0 Å². The molecule has 1 aromatic heterocycles. The number of benzene rings is 2. The molecule has 0 aliphatic rings. The summed E-state index contributed by atoms with van der Waals surface area (Å²) in [6.07, 6.45) is 3.90. The molecule has 0 aliphatic heterocycles. The van der Waals surface area contributed by atoms with E-state index in [-0.39, 0.29) is 17.5 Å². The third-order valence-corrected chi connectivity index (χ3v) is 4.42. The number of nitrogens with zero attached hydrogens (tertiary/aromatic N) is 1. The van der Waals surface area contributed by atoms with Gasteiger partial charge in [-0.15, -0.1) is 0 Å². The Balaban J connectivity index is 1.75. The molecule has 0 radical (unpaired) electrons. The van der Waals surface area contributed by atoms with E-state index in [9.17, 15) is 9.90 Å². The van der Waals surface area contributed by atoms with E-state index in [0.717, 1.165) is 23.2 Å². The van der Waals surface area contributed by atoms with Crippen molar-refractivity contribution in [2.45, 2.75) is 38.5 Å². The number of Topliss-reactive ketones (excluding diaryl/α,β-unsaturated/α-hetero) is 1. The molecular weight excluding hydrogens is 326 g/mol. The zero-order valence-electron chi connectivity index (χ0n) is 14.9. The van der Waals surface area contributed by atoms with Gasteiger partial charge in [-0.1, -0.05) is 49.4 Å². The first-order chi connectivity index (χ1) is 12.6. The van der Waals surface area contributed by atoms with Crippen LogP contribution in [0.5, 0.6) is 5.75 Å². The van der Waals surface area contributed by atoms with E-state index in [1.165, 1.54) is 0 Å². The standard InChI is InChI=1S/C22H23NO3/c1-2-19-15-26-22(23-19)18(12-17-8-10-20(24)11-9-17)14-21(25)13-16-6-4-3-5-7-16/h3-11,15,18,24H,2,12-14H2,1H3. The second kappa shape index (κ2) is 8.48. The maximum atomic E-state index is 12.6. The van der Waals surface area contributed by atoms with Crippen molar-refractivity contribution in [3.05, 3.63) is 83.6 Å². The van der Waals surface area contributed by atoms with E-state index in [4.69, 9.17) is 4.42 Å². The van der Waals surface area contributed by atoms with Gasteiger partial charge in [0.15, 0.2) is 5.89 Å². The summed E-state index contributed by atoms with van der Waals surface area (Å²) in [5.74, 6) is 0.887. The molecule has 0 bridgehead atoms. The highest BCUT2D eigenvalue weighted by molar-refractivity contribution is 5.81. The number of aryl methyl sites for hydroxylation is 1. The number of hydrogen-bond donors (Lipinski definition) is 1. The highest BCUT2D eigenvalue weighted by Crippen LogP contribution is 2.26. The number of ketones is 1. The van der Waals surface area contributed by atoms with Gasteiger partial charge >= 0.3 is 0 Å². The first kappa shape index (κ1) is 17.9. The van der Waals surface area contributed by atoms with Crippen molar-refractivity contribution in [3.63, 3.8) is 0 Å². The van der Waals surface area contributed by atoms with Crippen LogP contribution in [0, 0.1) is 0 Å². The molecule has 1 heterocycles. The Morgan fingerprint density at radius 2 is 1.81 bits per heavy atom. The van der Waals surface area contributed by atoms with Crippen molar-refractivity contribution in [2.75, 3.05) is 0 Å². The monoisotopic (exact) mass is 349 g/mol. The highest BCUT2D eigenvalue weighted by atomic mass is 16.3. The molecule has 26 heavy (non-hydrogen) atoms. The van der Waals surface area contributed by atoms with Gasteiger partial charge in [0.05, 0.1) is 5.69 Å². The van der Waals surface area contributed by atoms with Gasteiger partial charge in [-0.05, 0) is 36.1 Å². The molecule has 0 fully saturated rings. The SMILES string of the molecule is CCc1coc(C(CC(=O)Cc2ccccc2)Cc2ccc(O)cc2)n1. The summed E-state index contributed by atoms with van der Waals surface area (Å²) in [7, 11) is 0. The Bertz CT molecular complexity index is 837. The van der Waals surface area contributed by atoms with Gasteiger partial charge in [-0.3, -0.25) is 4.79 Å². The maximum Gasteiger partial charge on any atom is 0.198 e. The van der Waals surface area contributed by atoms with Crippen LogP contribution in [-0.4, -0.2) is 15.9 Å². The first-order valence-electron chi connectivity index (χ1n) is 8.92. The van der Waals surface area contributed by atoms with Crippen LogP contribution < -0.4 is 0 Å². The molecule has 0 spiro atoms. The molecule has 0 aliphatic carbocycles. The number of aromatic nitrogens is 1. The van der Waals surface area contributed by atoms with E-state index in [2.05, 4.69) is 4.98 Å². The van der Waals surface area contributed by atoms with Crippen molar-refractivity contribution < 1.29 is 14.3 Å². The van der Waals surface area contributed by atoms with E-state index in [0.29, 0.717) is 25.2 Å². The number of rotatable bonds is 8. The predicted molar refractivity (Wildman–Crippen MR) is 100 cm³/mol. The number of carbonyl (C=O) groups excluding carboxylic acids is 1. The lowest BCUT2D eigenvalue weighted by molar-refractivity contribution is -0.118. The molecule has 2 aromatic carbocycles. The van der Waals surface area contributed by atoms with Crippen LogP contribution in [-0.2, 0) is 24.1 Å². The van der Waals surface area contributed by atoms with Crippen molar-refractivity contribution >= 4 is 5.78 Å². The quantitative estimate of drug-likeness (QED) is 0.652. The zero-order chi connectivity index (χ0) is 18.4. The van der Waals surface area contributed by atoms with Crippen molar-refractivity contribution in [1.29, 1.82) is 0 Å². The van der Waals surface area contributed by atoms with Gasteiger partial charge in [-0.25, -0.2) is 4.98 Å². The molecular formula is C22H23NO3. The Hall–Kier alpha value is -2.88. The van der Waals surface area contributed by atoms with Gasteiger partial charge < -0.3 is 9.52 Å². The van der Waals surface area contributed by atoms with Crippen molar-refractivity contribution in [3.8, 4) is 5.75 Å².